The molecule has 2 aliphatic rings. The zero-order chi connectivity index (χ0) is 32.7. The van der Waals surface area contributed by atoms with Gasteiger partial charge in [-0.1, -0.05) is 22.6 Å². The standard InChI is InChI=1S/C13H17BO5.C12H15BO5.CH3I.CH2O3.2Cs.H/c1-4-18-12(15)7-11-13-8(2)5-9(17-3)6-10(13)14(16)19-11;1-3-17-11(15)6-10-12-7(2)4-8(14)5-9(12)13(16)18-10;1-2;2-1-4-3;;;/h5-6,11,16H,4,7H2,1-3H3;4-5,10,14,16H,3,6H2,1-2H3;1H3;1,3H;;;/q;;;;2*+1;-1/p-1. The third kappa shape index (κ3) is 15.3. The van der Waals surface area contributed by atoms with Crippen LogP contribution < -0.4 is 159 Å². The minimum Gasteiger partial charge on any atom is -1.00 e. The molecule has 0 saturated carbocycles. The Morgan fingerprint density at radius 2 is 1.31 bits per heavy atom. The van der Waals surface area contributed by atoms with Crippen molar-refractivity contribution in [2.24, 2.45) is 0 Å². The van der Waals surface area contributed by atoms with Crippen LogP contribution in [0.3, 0.4) is 0 Å². The van der Waals surface area contributed by atoms with Gasteiger partial charge >= 0.3 is 164 Å². The maximum atomic E-state index is 11.5. The quantitative estimate of drug-likeness (QED) is 0.0434. The molecule has 0 radical (unpaired) electrons. The zero-order valence-electron chi connectivity index (χ0n) is 27.8. The largest absolute Gasteiger partial charge is 1.00 e. The Bertz CT molecular complexity index is 1230. The van der Waals surface area contributed by atoms with Crippen LogP contribution in [0.5, 0.6) is 11.5 Å². The normalized spacial score (nSPS) is 15.0. The van der Waals surface area contributed by atoms with Crippen LogP contribution in [-0.2, 0) is 38.1 Å². The van der Waals surface area contributed by atoms with Crippen LogP contribution in [-0.4, -0.2) is 73.1 Å². The number of hydrogen-bond acceptors (Lipinski definition) is 13. The first-order valence-electron chi connectivity index (χ1n) is 13.1. The van der Waals surface area contributed by atoms with Crippen molar-refractivity contribution in [3.63, 3.8) is 0 Å². The summed E-state index contributed by atoms with van der Waals surface area (Å²) in [6.45, 7) is 7.67. The molecule has 0 fully saturated rings. The number of methoxy groups -OCH3 is 1. The maximum Gasteiger partial charge on any atom is 1.00 e. The summed E-state index contributed by atoms with van der Waals surface area (Å²) in [4.78, 5) is 36.2. The van der Waals surface area contributed by atoms with Gasteiger partial charge in [0.1, 0.15) is 11.5 Å². The Morgan fingerprint density at radius 1 is 0.911 bits per heavy atom. The molecule has 0 aromatic heterocycles. The Labute approximate surface area is 396 Å². The van der Waals surface area contributed by atoms with E-state index >= 15 is 0 Å². The molecule has 0 aliphatic carbocycles. The van der Waals surface area contributed by atoms with Crippen molar-refractivity contribution in [3.05, 3.63) is 46.5 Å². The molecule has 2 atom stereocenters. The van der Waals surface area contributed by atoms with Crippen molar-refractivity contribution in [3.8, 4) is 11.5 Å². The first-order valence-corrected chi connectivity index (χ1v) is 15.3. The Hall–Kier alpha value is 1.21. The average Bonchev–Trinajstić information content (AvgIpc) is 3.45. The van der Waals surface area contributed by atoms with Crippen molar-refractivity contribution in [2.75, 3.05) is 25.3 Å². The van der Waals surface area contributed by atoms with E-state index < -0.39 is 26.4 Å². The Balaban J connectivity index is -0.000000651. The fraction of sp³-hybridized carbons (Fsp3) is 0.444. The summed E-state index contributed by atoms with van der Waals surface area (Å²) in [6, 6.07) is 6.63. The maximum absolute atomic E-state index is 11.5. The number of ether oxygens (including phenoxy) is 3. The van der Waals surface area contributed by atoms with Gasteiger partial charge in [0.05, 0.1) is 45.4 Å². The number of carbonyl (C=O) groups is 3. The van der Waals surface area contributed by atoms with Gasteiger partial charge in [-0.05, 0) is 90.1 Å². The number of halogens is 1. The molecule has 3 N–H and O–H groups in total. The van der Waals surface area contributed by atoms with Gasteiger partial charge < -0.3 is 50.2 Å². The monoisotopic (exact) mass is 984 g/mol. The molecule has 238 valence electrons. The summed E-state index contributed by atoms with van der Waals surface area (Å²) in [5, 5.41) is 37.6. The molecule has 13 nitrogen and oxygen atoms in total. The number of hydrogen-bond donors (Lipinski definition) is 3. The number of esters is 2. The molecule has 2 aromatic rings. The predicted molar refractivity (Wildman–Crippen MR) is 164 cm³/mol. The second kappa shape index (κ2) is 26.1. The first-order chi connectivity index (χ1) is 20.5. The van der Waals surface area contributed by atoms with Crippen molar-refractivity contribution >= 4 is 66.2 Å². The SMILES string of the molecule is CCOC(=O)CC1OB(O)c2cc(O)cc(C)c21.CCOC(=O)CC1OB(O)c2cc(OC)cc(C)c21.CI.O=CO[O-].[Cs+].[Cs+].[H-]. The molecule has 0 amide bonds. The topological polar surface area (TPSA) is 190 Å². The number of phenolic OH excluding ortho intramolecular Hbond substituents is 1. The minimum absolute atomic E-state index is 0. The van der Waals surface area contributed by atoms with Crippen LogP contribution in [0.1, 0.15) is 62.6 Å². The Morgan fingerprint density at radius 3 is 1.69 bits per heavy atom. The van der Waals surface area contributed by atoms with E-state index in [0.29, 0.717) is 29.9 Å². The number of benzene rings is 2. The third-order valence-electron chi connectivity index (χ3n) is 6.15. The summed E-state index contributed by atoms with van der Waals surface area (Å²) >= 11 is 2.15. The van der Waals surface area contributed by atoms with Gasteiger partial charge in [-0.15, -0.1) is 0 Å². The van der Waals surface area contributed by atoms with Crippen molar-refractivity contribution < 1.29 is 202 Å². The van der Waals surface area contributed by atoms with E-state index in [1.54, 1.807) is 40.0 Å². The third-order valence-corrected chi connectivity index (χ3v) is 6.15. The molecule has 2 aromatic carbocycles. The molecule has 4 rings (SSSR count). The van der Waals surface area contributed by atoms with Gasteiger partial charge in [0.25, 0.3) is 6.47 Å². The molecule has 45 heavy (non-hydrogen) atoms. The number of carbonyl (C=O) groups excluding carboxylic acids is 3. The van der Waals surface area contributed by atoms with Crippen LogP contribution in [0.2, 0.25) is 0 Å². The molecule has 0 spiro atoms. The second-order valence-corrected chi connectivity index (χ2v) is 8.88. The van der Waals surface area contributed by atoms with Gasteiger partial charge in [-0.3, -0.25) is 14.4 Å². The van der Waals surface area contributed by atoms with E-state index in [1.165, 1.54) is 6.07 Å². The molecule has 2 aliphatic heterocycles. The van der Waals surface area contributed by atoms with Gasteiger partial charge in [0, 0.05) is 0 Å². The van der Waals surface area contributed by atoms with Crippen molar-refractivity contribution in [2.45, 2.75) is 52.7 Å². The first kappa shape index (κ1) is 48.3. The van der Waals surface area contributed by atoms with E-state index in [1.807, 2.05) is 17.9 Å². The second-order valence-electron chi connectivity index (χ2n) is 8.88. The fourth-order valence-corrected chi connectivity index (χ4v) is 4.64. The van der Waals surface area contributed by atoms with E-state index in [9.17, 15) is 24.7 Å². The number of alkyl halides is 1. The van der Waals surface area contributed by atoms with E-state index in [-0.39, 0.29) is 176 Å². The summed E-state index contributed by atoms with van der Waals surface area (Å²) in [7, 11) is -0.562. The minimum atomic E-state index is -1.11. The molecular formula is C27H37B2Cs2IO13. The van der Waals surface area contributed by atoms with E-state index in [4.69, 9.17) is 33.6 Å². The number of fused-ring (bicyclic) bond motifs is 2. The molecule has 18 heteroatoms. The summed E-state index contributed by atoms with van der Waals surface area (Å²) in [5.41, 5.74) is 4.50. The fourth-order valence-electron chi connectivity index (χ4n) is 4.64. The average molecular weight is 984 g/mol. The smallest absolute Gasteiger partial charge is 1.00 e. The van der Waals surface area contributed by atoms with Gasteiger partial charge in [0.2, 0.25) is 0 Å². The molecule has 2 heterocycles. The van der Waals surface area contributed by atoms with E-state index in [2.05, 4.69) is 27.5 Å². The molecule has 0 bridgehead atoms. The van der Waals surface area contributed by atoms with Crippen LogP contribution in [0, 0.1) is 13.8 Å². The van der Waals surface area contributed by atoms with Crippen LogP contribution in [0.4, 0.5) is 0 Å². The van der Waals surface area contributed by atoms with Crippen LogP contribution in [0.15, 0.2) is 24.3 Å². The number of aromatic hydroxyl groups is 1. The van der Waals surface area contributed by atoms with E-state index in [0.717, 1.165) is 22.3 Å². The summed E-state index contributed by atoms with van der Waals surface area (Å²) in [6.07, 6.45) is -0.821. The van der Waals surface area contributed by atoms with Gasteiger partial charge in [-0.2, -0.15) is 0 Å². The van der Waals surface area contributed by atoms with Crippen LogP contribution in [0.25, 0.3) is 0 Å². The summed E-state index contributed by atoms with van der Waals surface area (Å²) in [5.74, 6) is 0.0409. The molecule has 0 saturated heterocycles. The summed E-state index contributed by atoms with van der Waals surface area (Å²) < 4.78 is 25.7. The van der Waals surface area contributed by atoms with Crippen molar-refractivity contribution in [1.29, 1.82) is 0 Å². The number of rotatable bonds is 8. The van der Waals surface area contributed by atoms with Crippen LogP contribution >= 0.6 is 22.6 Å². The predicted octanol–water partition coefficient (Wildman–Crippen LogP) is -5.27. The molecular weight excluding hydrogens is 947 g/mol. The molecule has 2 unspecified atom stereocenters. The number of phenols is 1. The zero-order valence-corrected chi connectivity index (χ0v) is 41.5. The van der Waals surface area contributed by atoms with Crippen molar-refractivity contribution in [1.82, 2.24) is 0 Å². The number of aryl methyl sites for hydroxylation is 2. The Kier molecular flexibility index (Phi) is 28.0. The van der Waals surface area contributed by atoms with Gasteiger partial charge in [-0.25, -0.2) is 0 Å². The van der Waals surface area contributed by atoms with Gasteiger partial charge in [0.15, 0.2) is 0 Å².